The summed E-state index contributed by atoms with van der Waals surface area (Å²) in [7, 11) is 0. The second-order valence-corrected chi connectivity index (χ2v) is 4.47. The number of hydroxylamine groups is 1. The normalized spacial score (nSPS) is 16.3. The van der Waals surface area contributed by atoms with E-state index in [-0.39, 0.29) is 13.2 Å². The molecule has 0 aromatic carbocycles. The van der Waals surface area contributed by atoms with Crippen LogP contribution in [0.2, 0.25) is 0 Å². The van der Waals surface area contributed by atoms with Crippen LogP contribution in [0.3, 0.4) is 0 Å². The van der Waals surface area contributed by atoms with Crippen LogP contribution in [-0.4, -0.2) is 29.9 Å². The number of hydrogen-bond acceptors (Lipinski definition) is 5. The van der Waals surface area contributed by atoms with E-state index in [1.165, 1.54) is 0 Å². The molecule has 0 heterocycles. The monoisotopic (exact) mass is 201 g/mol. The van der Waals surface area contributed by atoms with Crippen LogP contribution >= 0.6 is 6.72 Å². The smallest absolute Gasteiger partial charge is 0.324 e. The van der Waals surface area contributed by atoms with Crippen LogP contribution in [0.15, 0.2) is 0 Å². The summed E-state index contributed by atoms with van der Waals surface area (Å²) in [5.41, 5.74) is 1.86. The molecule has 5 nitrogen and oxygen atoms in total. The molecule has 0 aliphatic carbocycles. The van der Waals surface area contributed by atoms with Gasteiger partial charge in [-0.15, -0.1) is 0 Å². The van der Waals surface area contributed by atoms with Gasteiger partial charge < -0.3 is 19.1 Å². The minimum atomic E-state index is -3.04. The molecule has 0 rings (SSSR count). The topological polar surface area (TPSA) is 71.0 Å². The Balaban J connectivity index is 3.47. The molecule has 0 spiro atoms. The predicted molar refractivity (Wildman–Crippen MR) is 43.9 cm³/mol. The zero-order valence-electron chi connectivity index (χ0n) is 6.19. The summed E-state index contributed by atoms with van der Waals surface area (Å²) in [6, 6.07) is 0. The highest BCUT2D eigenvalue weighted by atomic mass is 32.5. The molecule has 1 unspecified atom stereocenters. The molecule has 0 aliphatic rings. The minimum absolute atomic E-state index is 0.129. The second kappa shape index (κ2) is 6.02. The molecule has 0 aromatic rings. The molecule has 1 atom stereocenters. The zero-order valence-corrected chi connectivity index (χ0v) is 7.90. The summed E-state index contributed by atoms with van der Waals surface area (Å²) < 4.78 is 9.47. The van der Waals surface area contributed by atoms with Crippen molar-refractivity contribution in [2.24, 2.45) is 0 Å². The van der Waals surface area contributed by atoms with Crippen molar-refractivity contribution >= 4 is 18.5 Å². The molecule has 3 N–H and O–H groups in total. The fraction of sp³-hybridized carbons (Fsp3) is 1.00. The summed E-state index contributed by atoms with van der Waals surface area (Å²) in [6.07, 6.45) is 0. The summed E-state index contributed by atoms with van der Waals surface area (Å²) in [4.78, 5) is 9.11. The van der Waals surface area contributed by atoms with E-state index >= 15 is 0 Å². The van der Waals surface area contributed by atoms with Gasteiger partial charge in [-0.2, -0.15) is 0 Å². The van der Waals surface area contributed by atoms with Crippen LogP contribution in [0.4, 0.5) is 0 Å². The van der Waals surface area contributed by atoms with Crippen molar-refractivity contribution in [3.05, 3.63) is 0 Å². The Kier molecular flexibility index (Phi) is 6.27. The van der Waals surface area contributed by atoms with E-state index in [4.69, 9.17) is 19.1 Å². The predicted octanol–water partition coefficient (Wildman–Crippen LogP) is 0.235. The maximum Gasteiger partial charge on any atom is 0.324 e. The van der Waals surface area contributed by atoms with Crippen molar-refractivity contribution in [2.75, 3.05) is 19.8 Å². The fourth-order valence-electron chi connectivity index (χ4n) is 0.407. The van der Waals surface area contributed by atoms with Crippen LogP contribution in [0.5, 0.6) is 0 Å². The van der Waals surface area contributed by atoms with Gasteiger partial charge in [0.15, 0.2) is 0 Å². The van der Waals surface area contributed by atoms with Crippen LogP contribution in [0, 0.1) is 0 Å². The Morgan fingerprint density at radius 1 is 1.55 bits per heavy atom. The number of nitrogens with one attached hydrogen (secondary N) is 1. The fourth-order valence-corrected chi connectivity index (χ4v) is 1.67. The van der Waals surface area contributed by atoms with Gasteiger partial charge >= 0.3 is 6.72 Å². The molecule has 0 fully saturated rings. The Morgan fingerprint density at radius 3 is 2.64 bits per heavy atom. The lowest BCUT2D eigenvalue weighted by Crippen LogP contribution is -2.14. The van der Waals surface area contributed by atoms with Gasteiger partial charge in [-0.3, -0.25) is 0 Å². The maximum atomic E-state index is 9.11. The molecular formula is C4H12NO4PS. The first kappa shape index (κ1) is 11.4. The molecule has 0 saturated heterocycles. The Bertz CT molecular complexity index is 144. The lowest BCUT2D eigenvalue weighted by Gasteiger charge is -2.13. The Morgan fingerprint density at radius 2 is 2.18 bits per heavy atom. The highest BCUT2D eigenvalue weighted by Crippen LogP contribution is 2.42. The summed E-state index contributed by atoms with van der Waals surface area (Å²) in [5, 5.41) is 8.12. The van der Waals surface area contributed by atoms with E-state index in [9.17, 15) is 0 Å². The molecule has 0 bridgehead atoms. The van der Waals surface area contributed by atoms with Crippen molar-refractivity contribution in [1.29, 1.82) is 0 Å². The Labute approximate surface area is 70.5 Å². The third-order valence-electron chi connectivity index (χ3n) is 0.761. The SMILES string of the molecule is CCOP(O)(=S)OCCNO. The molecule has 0 amide bonds. The standard InChI is InChI=1S/C4H12NO4PS/c1-2-8-10(7,11)9-4-3-5-6/h5-6H,2-4H2,1H3,(H,7,11). The van der Waals surface area contributed by atoms with Gasteiger partial charge in [0, 0.05) is 6.54 Å². The molecule has 0 radical (unpaired) electrons. The molecule has 0 aliphatic heterocycles. The number of rotatable bonds is 6. The van der Waals surface area contributed by atoms with Gasteiger partial charge in [0.1, 0.15) is 0 Å². The average molecular weight is 201 g/mol. The van der Waals surface area contributed by atoms with Crippen LogP contribution in [0.25, 0.3) is 0 Å². The van der Waals surface area contributed by atoms with E-state index < -0.39 is 6.72 Å². The summed E-state index contributed by atoms with van der Waals surface area (Å²) in [6.45, 7) is -0.663. The Hall–Kier alpha value is 0.450. The molecule has 68 valence electrons. The van der Waals surface area contributed by atoms with Gasteiger partial charge in [-0.05, 0) is 18.7 Å². The second-order valence-electron chi connectivity index (χ2n) is 1.63. The zero-order chi connectivity index (χ0) is 8.74. The molecule has 0 saturated carbocycles. The minimum Gasteiger partial charge on any atom is -0.324 e. The van der Waals surface area contributed by atoms with E-state index in [0.29, 0.717) is 6.61 Å². The first-order chi connectivity index (χ1) is 5.12. The first-order valence-electron chi connectivity index (χ1n) is 3.11. The average Bonchev–Trinajstić information content (AvgIpc) is 1.87. The lowest BCUT2D eigenvalue weighted by molar-refractivity contribution is 0.134. The van der Waals surface area contributed by atoms with E-state index in [2.05, 4.69) is 11.8 Å². The van der Waals surface area contributed by atoms with Gasteiger partial charge in [0.25, 0.3) is 0 Å². The van der Waals surface area contributed by atoms with Crippen LogP contribution < -0.4 is 5.48 Å². The summed E-state index contributed by atoms with van der Waals surface area (Å²) in [5.74, 6) is 0. The molecule has 11 heavy (non-hydrogen) atoms. The third kappa shape index (κ3) is 6.83. The van der Waals surface area contributed by atoms with Crippen LogP contribution in [-0.2, 0) is 20.9 Å². The summed E-state index contributed by atoms with van der Waals surface area (Å²) >= 11 is 4.57. The molecule has 0 aromatic heterocycles. The van der Waals surface area contributed by atoms with E-state index in [1.807, 2.05) is 5.48 Å². The van der Waals surface area contributed by atoms with Gasteiger partial charge in [0.05, 0.1) is 13.2 Å². The first-order valence-corrected chi connectivity index (χ1v) is 5.70. The van der Waals surface area contributed by atoms with Gasteiger partial charge in [0.2, 0.25) is 0 Å². The van der Waals surface area contributed by atoms with Crippen molar-refractivity contribution < 1.29 is 19.1 Å². The van der Waals surface area contributed by atoms with E-state index in [0.717, 1.165) is 0 Å². The quantitative estimate of drug-likeness (QED) is 0.325. The van der Waals surface area contributed by atoms with E-state index in [1.54, 1.807) is 6.92 Å². The van der Waals surface area contributed by atoms with Gasteiger partial charge in [-0.25, -0.2) is 5.48 Å². The lowest BCUT2D eigenvalue weighted by atomic mass is 10.7. The maximum absolute atomic E-state index is 9.11. The third-order valence-corrected chi connectivity index (χ3v) is 2.49. The highest BCUT2D eigenvalue weighted by molar-refractivity contribution is 8.07. The van der Waals surface area contributed by atoms with Crippen molar-refractivity contribution in [1.82, 2.24) is 5.48 Å². The largest absolute Gasteiger partial charge is 0.324 e. The van der Waals surface area contributed by atoms with Crippen molar-refractivity contribution in [3.8, 4) is 0 Å². The number of hydrogen-bond donors (Lipinski definition) is 3. The van der Waals surface area contributed by atoms with Gasteiger partial charge in [-0.1, -0.05) is 0 Å². The van der Waals surface area contributed by atoms with Crippen molar-refractivity contribution in [2.45, 2.75) is 6.92 Å². The van der Waals surface area contributed by atoms with Crippen LogP contribution in [0.1, 0.15) is 6.92 Å². The highest BCUT2D eigenvalue weighted by Gasteiger charge is 2.12. The van der Waals surface area contributed by atoms with Crippen molar-refractivity contribution in [3.63, 3.8) is 0 Å². The molecule has 7 heteroatoms. The molecular weight excluding hydrogens is 189 g/mol.